The van der Waals surface area contributed by atoms with Crippen LogP contribution in [0.1, 0.15) is 0 Å². The first-order valence-corrected chi connectivity index (χ1v) is 8.39. The minimum atomic E-state index is -3.92. The fourth-order valence-corrected chi connectivity index (χ4v) is 3.57. The Bertz CT molecular complexity index is 963. The van der Waals surface area contributed by atoms with Crippen LogP contribution in [0.5, 0.6) is 0 Å². The molecule has 0 radical (unpaired) electrons. The van der Waals surface area contributed by atoms with Crippen LogP contribution in [-0.4, -0.2) is 32.7 Å². The van der Waals surface area contributed by atoms with Gasteiger partial charge in [0.05, 0.1) is 12.0 Å². The van der Waals surface area contributed by atoms with Gasteiger partial charge in [0, 0.05) is 19.7 Å². The molecule has 0 unspecified atom stereocenters. The third kappa shape index (κ3) is 2.80. The van der Waals surface area contributed by atoms with Crippen molar-refractivity contribution in [3.05, 3.63) is 42.1 Å². The Hall–Kier alpha value is -2.39. The minimum absolute atomic E-state index is 0.0358. The van der Waals surface area contributed by atoms with Gasteiger partial charge in [-0.1, -0.05) is 23.7 Å². The molecule has 2 aromatic heterocycles. The number of hydrogen-bond donors (Lipinski definition) is 1. The van der Waals surface area contributed by atoms with Gasteiger partial charge < -0.3 is 9.13 Å². The lowest BCUT2D eigenvalue weighted by molar-refractivity contribution is 0.598. The molecule has 0 fully saturated rings. The molecule has 10 heteroatoms. The van der Waals surface area contributed by atoms with Gasteiger partial charge in [-0.25, -0.2) is 4.98 Å². The predicted octanol–water partition coefficient (Wildman–Crippen LogP) is 1.67. The molecule has 2 heterocycles. The molecule has 23 heavy (non-hydrogen) atoms. The minimum Gasteiger partial charge on any atom is -0.324 e. The number of imidazole rings is 1. The summed E-state index contributed by atoms with van der Waals surface area (Å²) in [7, 11) is -0.534. The summed E-state index contributed by atoms with van der Waals surface area (Å²) in [6, 6.07) is 6.90. The Labute approximate surface area is 137 Å². The van der Waals surface area contributed by atoms with E-state index < -0.39 is 10.0 Å². The summed E-state index contributed by atoms with van der Waals surface area (Å²) in [4.78, 5) is 3.84. The highest BCUT2D eigenvalue weighted by Crippen LogP contribution is 2.29. The molecule has 0 saturated carbocycles. The molecule has 0 aliphatic heterocycles. The number of nitrogens with zero attached hydrogens (tertiary/aromatic N) is 5. The van der Waals surface area contributed by atoms with E-state index in [1.165, 1.54) is 17.2 Å². The summed E-state index contributed by atoms with van der Waals surface area (Å²) in [5.41, 5.74) is 0.966. The highest BCUT2D eigenvalue weighted by molar-refractivity contribution is 7.92. The largest absolute Gasteiger partial charge is 0.324 e. The summed E-state index contributed by atoms with van der Waals surface area (Å²) < 4.78 is 30.7. The normalized spacial score (nSPS) is 11.6. The van der Waals surface area contributed by atoms with Crippen molar-refractivity contribution in [1.29, 1.82) is 0 Å². The molecule has 0 aliphatic carbocycles. The molecule has 0 spiro atoms. The van der Waals surface area contributed by atoms with Crippen LogP contribution in [0, 0.1) is 0 Å². The number of aromatic nitrogens is 5. The van der Waals surface area contributed by atoms with Crippen LogP contribution in [0.3, 0.4) is 0 Å². The van der Waals surface area contributed by atoms with Crippen LogP contribution >= 0.6 is 11.6 Å². The lowest BCUT2D eigenvalue weighted by atomic mass is 10.2. The Kier molecular flexibility index (Phi) is 3.82. The fraction of sp³-hybridized carbons (Fsp3) is 0.154. The van der Waals surface area contributed by atoms with Crippen molar-refractivity contribution in [2.45, 2.75) is 5.03 Å². The van der Waals surface area contributed by atoms with Gasteiger partial charge in [-0.05, 0) is 12.1 Å². The summed E-state index contributed by atoms with van der Waals surface area (Å²) in [5, 5.41) is 7.62. The van der Waals surface area contributed by atoms with Gasteiger partial charge in [0.15, 0.2) is 5.82 Å². The molecule has 8 nitrogen and oxygen atoms in total. The Morgan fingerprint density at radius 1 is 1.13 bits per heavy atom. The van der Waals surface area contributed by atoms with Crippen molar-refractivity contribution in [2.24, 2.45) is 14.1 Å². The molecular weight excluding hydrogens is 340 g/mol. The number of hydrogen-bond acceptors (Lipinski definition) is 5. The van der Waals surface area contributed by atoms with Crippen molar-refractivity contribution in [3.8, 4) is 11.4 Å². The molecule has 0 aliphatic rings. The highest BCUT2D eigenvalue weighted by atomic mass is 35.5. The van der Waals surface area contributed by atoms with Crippen LogP contribution in [0.4, 0.5) is 5.69 Å². The smallest absolute Gasteiger partial charge is 0.282 e. The topological polar surface area (TPSA) is 94.7 Å². The van der Waals surface area contributed by atoms with E-state index in [1.807, 2.05) is 0 Å². The van der Waals surface area contributed by atoms with Gasteiger partial charge >= 0.3 is 0 Å². The average molecular weight is 353 g/mol. The van der Waals surface area contributed by atoms with Crippen LogP contribution in [-0.2, 0) is 24.1 Å². The van der Waals surface area contributed by atoms with Crippen LogP contribution in [0.15, 0.2) is 41.9 Å². The van der Waals surface area contributed by atoms with E-state index in [-0.39, 0.29) is 10.2 Å². The molecule has 3 aromatic rings. The molecule has 0 saturated heterocycles. The number of sulfonamides is 1. The van der Waals surface area contributed by atoms with E-state index in [0.717, 1.165) is 0 Å². The van der Waals surface area contributed by atoms with Gasteiger partial charge in [-0.2, -0.15) is 8.42 Å². The van der Waals surface area contributed by atoms with Crippen molar-refractivity contribution < 1.29 is 8.42 Å². The molecule has 120 valence electrons. The van der Waals surface area contributed by atoms with Gasteiger partial charge in [0.25, 0.3) is 10.0 Å². The Morgan fingerprint density at radius 2 is 1.87 bits per heavy atom. The zero-order chi connectivity index (χ0) is 16.6. The van der Waals surface area contributed by atoms with Crippen molar-refractivity contribution in [3.63, 3.8) is 0 Å². The van der Waals surface area contributed by atoms with Gasteiger partial charge in [0.1, 0.15) is 11.5 Å². The molecular formula is C13H13ClN6O2S. The SMILES string of the molecule is Cn1cnnc1-c1ccccc1NS(=O)(=O)c1ncn(C)c1Cl. The quantitative estimate of drug-likeness (QED) is 0.770. The van der Waals surface area contributed by atoms with Crippen molar-refractivity contribution >= 4 is 27.3 Å². The number of aryl methyl sites for hydroxylation is 2. The maximum absolute atomic E-state index is 12.5. The number of nitrogens with one attached hydrogen (secondary N) is 1. The van der Waals surface area contributed by atoms with Gasteiger partial charge in [0.2, 0.25) is 5.03 Å². The fourth-order valence-electron chi connectivity index (χ4n) is 2.06. The van der Waals surface area contributed by atoms with E-state index in [4.69, 9.17) is 11.6 Å². The average Bonchev–Trinajstić information content (AvgIpc) is 3.06. The van der Waals surface area contributed by atoms with Crippen molar-refractivity contribution in [2.75, 3.05) is 4.72 Å². The lowest BCUT2D eigenvalue weighted by Crippen LogP contribution is -2.15. The van der Waals surface area contributed by atoms with Gasteiger partial charge in [-0.15, -0.1) is 10.2 Å². The first kappa shape index (κ1) is 15.5. The summed E-state index contributed by atoms with van der Waals surface area (Å²) in [5.74, 6) is 0.537. The van der Waals surface area contributed by atoms with E-state index in [0.29, 0.717) is 17.1 Å². The van der Waals surface area contributed by atoms with E-state index >= 15 is 0 Å². The maximum Gasteiger partial charge on any atom is 0.282 e. The van der Waals surface area contributed by atoms with Crippen LogP contribution < -0.4 is 4.72 Å². The van der Waals surface area contributed by atoms with E-state index in [9.17, 15) is 8.42 Å². The van der Waals surface area contributed by atoms with Crippen LogP contribution in [0.2, 0.25) is 5.15 Å². The lowest BCUT2D eigenvalue weighted by Gasteiger charge is -2.11. The zero-order valence-corrected chi connectivity index (χ0v) is 13.9. The first-order valence-electron chi connectivity index (χ1n) is 6.53. The second-order valence-electron chi connectivity index (χ2n) is 4.87. The standard InChI is InChI=1S/C13H13ClN6O2S/c1-19-7-15-13(11(19)14)23(21,22)18-10-6-4-3-5-9(10)12-17-16-8-20(12)2/h3-8,18H,1-2H3. The molecule has 1 aromatic carbocycles. The highest BCUT2D eigenvalue weighted by Gasteiger charge is 2.24. The van der Waals surface area contributed by atoms with Crippen LogP contribution in [0.25, 0.3) is 11.4 Å². The number of para-hydroxylation sites is 1. The van der Waals surface area contributed by atoms with E-state index in [1.54, 1.807) is 42.9 Å². The summed E-state index contributed by atoms with van der Waals surface area (Å²) in [6.45, 7) is 0. The van der Waals surface area contributed by atoms with Gasteiger partial charge in [-0.3, -0.25) is 4.72 Å². The Morgan fingerprint density at radius 3 is 2.48 bits per heavy atom. The summed E-state index contributed by atoms with van der Waals surface area (Å²) in [6.07, 6.45) is 2.88. The molecule has 0 bridgehead atoms. The number of halogens is 1. The third-order valence-electron chi connectivity index (χ3n) is 3.21. The molecule has 0 atom stereocenters. The number of rotatable bonds is 4. The monoisotopic (exact) mass is 352 g/mol. The predicted molar refractivity (Wildman–Crippen MR) is 85.5 cm³/mol. The zero-order valence-electron chi connectivity index (χ0n) is 12.3. The second kappa shape index (κ2) is 5.67. The third-order valence-corrected chi connectivity index (χ3v) is 5.07. The molecule has 1 N–H and O–H groups in total. The Balaban J connectivity index is 2.04. The maximum atomic E-state index is 12.5. The molecule has 3 rings (SSSR count). The van der Waals surface area contributed by atoms with E-state index in [2.05, 4.69) is 19.9 Å². The molecule has 0 amide bonds. The number of anilines is 1. The second-order valence-corrected chi connectivity index (χ2v) is 6.82. The first-order chi connectivity index (χ1) is 10.9. The number of benzene rings is 1. The van der Waals surface area contributed by atoms with Crippen molar-refractivity contribution in [1.82, 2.24) is 24.3 Å². The summed E-state index contributed by atoms with van der Waals surface area (Å²) >= 11 is 5.98.